The van der Waals surface area contributed by atoms with Gasteiger partial charge in [-0.2, -0.15) is 4.98 Å². The van der Waals surface area contributed by atoms with Crippen LogP contribution in [-0.4, -0.2) is 53.0 Å². The van der Waals surface area contributed by atoms with Crippen molar-refractivity contribution in [1.82, 2.24) is 14.9 Å². The van der Waals surface area contributed by atoms with Crippen molar-refractivity contribution in [3.63, 3.8) is 0 Å². The molecule has 2 aliphatic rings. The number of carbonyl (C=O) groups is 1. The Kier molecular flexibility index (Phi) is 3.67. The summed E-state index contributed by atoms with van der Waals surface area (Å²) in [6, 6.07) is 2.31. The Balaban J connectivity index is 1.72. The van der Waals surface area contributed by atoms with Crippen LogP contribution < -0.4 is 16.4 Å². The first-order valence-electron chi connectivity index (χ1n) is 7.43. The molecule has 1 aliphatic carbocycles. The number of hydrogen-bond acceptors (Lipinski definition) is 6. The number of nitrogens with two attached hydrogens (primary N) is 2. The fourth-order valence-corrected chi connectivity index (χ4v) is 3.00. The maximum atomic E-state index is 11.4. The quantitative estimate of drug-likeness (QED) is 0.791. The molecule has 0 bridgehead atoms. The average molecular weight is 290 g/mol. The summed E-state index contributed by atoms with van der Waals surface area (Å²) < 4.78 is 0. The van der Waals surface area contributed by atoms with Crippen molar-refractivity contribution < 1.29 is 4.79 Å². The van der Waals surface area contributed by atoms with E-state index in [2.05, 4.69) is 14.9 Å². The van der Waals surface area contributed by atoms with E-state index in [0.717, 1.165) is 50.5 Å². The number of rotatable bonds is 2. The zero-order chi connectivity index (χ0) is 15.0. The first-order chi connectivity index (χ1) is 10.0. The van der Waals surface area contributed by atoms with Gasteiger partial charge in [0.15, 0.2) is 0 Å². The number of hydrogen-bond donors (Lipinski definition) is 2. The molecule has 1 saturated carbocycles. The van der Waals surface area contributed by atoms with Gasteiger partial charge >= 0.3 is 0 Å². The SMILES string of the molecule is CC(=O)N1CCN(c2cc(C3CC(N)C3)nc(N)n2)CC1. The van der Waals surface area contributed by atoms with E-state index in [1.165, 1.54) is 0 Å². The number of nitrogens with zero attached hydrogens (tertiary/aromatic N) is 4. The van der Waals surface area contributed by atoms with Crippen LogP contribution in [-0.2, 0) is 4.79 Å². The Morgan fingerprint density at radius 3 is 2.48 bits per heavy atom. The minimum Gasteiger partial charge on any atom is -0.368 e. The number of amides is 1. The van der Waals surface area contributed by atoms with Crippen molar-refractivity contribution in [2.75, 3.05) is 36.8 Å². The van der Waals surface area contributed by atoms with Gasteiger partial charge in [-0.3, -0.25) is 4.79 Å². The van der Waals surface area contributed by atoms with Crippen LogP contribution in [0.15, 0.2) is 6.07 Å². The third-order valence-electron chi connectivity index (χ3n) is 4.39. The summed E-state index contributed by atoms with van der Waals surface area (Å²) in [6.07, 6.45) is 1.93. The number of anilines is 2. The van der Waals surface area contributed by atoms with Gasteiger partial charge in [-0.05, 0) is 12.8 Å². The summed E-state index contributed by atoms with van der Waals surface area (Å²) >= 11 is 0. The van der Waals surface area contributed by atoms with E-state index >= 15 is 0 Å². The molecule has 1 amide bonds. The second-order valence-corrected chi connectivity index (χ2v) is 5.93. The van der Waals surface area contributed by atoms with Gasteiger partial charge in [0.1, 0.15) is 5.82 Å². The second-order valence-electron chi connectivity index (χ2n) is 5.93. The largest absolute Gasteiger partial charge is 0.368 e. The molecule has 4 N–H and O–H groups in total. The Morgan fingerprint density at radius 2 is 1.90 bits per heavy atom. The van der Waals surface area contributed by atoms with E-state index in [-0.39, 0.29) is 11.9 Å². The predicted octanol–water partition coefficient (Wildman–Crippen LogP) is -0.0680. The standard InChI is InChI=1S/C14H22N6O/c1-9(21)19-2-4-20(5-3-19)13-8-12(17-14(16)18-13)10-6-11(15)7-10/h8,10-11H,2-7,15H2,1H3,(H2,16,17,18). The van der Waals surface area contributed by atoms with Gasteiger partial charge in [0.05, 0.1) is 5.69 Å². The highest BCUT2D eigenvalue weighted by Crippen LogP contribution is 2.35. The maximum absolute atomic E-state index is 11.4. The zero-order valence-corrected chi connectivity index (χ0v) is 12.3. The van der Waals surface area contributed by atoms with Crippen LogP contribution in [0.3, 0.4) is 0 Å². The Labute approximate surface area is 124 Å². The molecule has 0 spiro atoms. The van der Waals surface area contributed by atoms with Gasteiger partial charge in [0, 0.05) is 51.1 Å². The molecule has 21 heavy (non-hydrogen) atoms. The van der Waals surface area contributed by atoms with Crippen LogP contribution in [0.1, 0.15) is 31.4 Å². The highest BCUT2D eigenvalue weighted by Gasteiger charge is 2.30. The topological polar surface area (TPSA) is 101 Å². The number of carbonyl (C=O) groups excluding carboxylic acids is 1. The number of aromatic nitrogens is 2. The fourth-order valence-electron chi connectivity index (χ4n) is 3.00. The minimum absolute atomic E-state index is 0.126. The summed E-state index contributed by atoms with van der Waals surface area (Å²) in [5.41, 5.74) is 12.7. The molecule has 2 fully saturated rings. The molecule has 0 atom stereocenters. The van der Waals surface area contributed by atoms with E-state index in [1.54, 1.807) is 6.92 Å². The van der Waals surface area contributed by atoms with Gasteiger partial charge in [0.2, 0.25) is 11.9 Å². The lowest BCUT2D eigenvalue weighted by molar-refractivity contribution is -0.129. The maximum Gasteiger partial charge on any atom is 0.222 e. The Hall–Kier alpha value is -1.89. The normalized spacial score (nSPS) is 25.6. The minimum atomic E-state index is 0.126. The molecular formula is C14H22N6O. The molecular weight excluding hydrogens is 268 g/mol. The Bertz CT molecular complexity index is 534. The molecule has 1 aromatic heterocycles. The summed E-state index contributed by atoms with van der Waals surface area (Å²) in [6.45, 7) is 4.61. The van der Waals surface area contributed by atoms with Crippen molar-refractivity contribution in [3.8, 4) is 0 Å². The molecule has 0 unspecified atom stereocenters. The number of nitrogen functional groups attached to an aromatic ring is 1. The van der Waals surface area contributed by atoms with Crippen LogP contribution in [0, 0.1) is 0 Å². The van der Waals surface area contributed by atoms with Crippen molar-refractivity contribution in [2.45, 2.75) is 31.7 Å². The van der Waals surface area contributed by atoms with Gasteiger partial charge in [-0.1, -0.05) is 0 Å². The van der Waals surface area contributed by atoms with E-state index < -0.39 is 0 Å². The summed E-state index contributed by atoms with van der Waals surface area (Å²) in [5.74, 6) is 1.71. The van der Waals surface area contributed by atoms with Gasteiger partial charge in [0.25, 0.3) is 0 Å². The van der Waals surface area contributed by atoms with Crippen LogP contribution >= 0.6 is 0 Å². The molecule has 0 aromatic carbocycles. The smallest absolute Gasteiger partial charge is 0.222 e. The third-order valence-corrected chi connectivity index (χ3v) is 4.39. The molecule has 0 radical (unpaired) electrons. The first kappa shape index (κ1) is 14.1. The van der Waals surface area contributed by atoms with Gasteiger partial charge in [-0.25, -0.2) is 4.98 Å². The van der Waals surface area contributed by atoms with E-state index in [9.17, 15) is 4.79 Å². The summed E-state index contributed by atoms with van der Waals surface area (Å²) in [4.78, 5) is 24.1. The van der Waals surface area contributed by atoms with E-state index in [0.29, 0.717) is 11.9 Å². The van der Waals surface area contributed by atoms with Gasteiger partial charge in [-0.15, -0.1) is 0 Å². The average Bonchev–Trinajstić information content (AvgIpc) is 2.43. The predicted molar refractivity (Wildman–Crippen MR) is 80.9 cm³/mol. The first-order valence-corrected chi connectivity index (χ1v) is 7.43. The van der Waals surface area contributed by atoms with Crippen molar-refractivity contribution in [1.29, 1.82) is 0 Å². The second kappa shape index (κ2) is 5.48. The van der Waals surface area contributed by atoms with E-state index in [1.807, 2.05) is 11.0 Å². The lowest BCUT2D eigenvalue weighted by atomic mass is 9.78. The molecule has 1 saturated heterocycles. The van der Waals surface area contributed by atoms with Crippen molar-refractivity contribution in [3.05, 3.63) is 11.8 Å². The van der Waals surface area contributed by atoms with Crippen molar-refractivity contribution in [2.24, 2.45) is 5.73 Å². The molecule has 114 valence electrons. The fraction of sp³-hybridized carbons (Fsp3) is 0.643. The third kappa shape index (κ3) is 2.92. The Morgan fingerprint density at radius 1 is 1.24 bits per heavy atom. The van der Waals surface area contributed by atoms with Crippen LogP contribution in [0.25, 0.3) is 0 Å². The van der Waals surface area contributed by atoms with Crippen molar-refractivity contribution >= 4 is 17.7 Å². The summed E-state index contributed by atoms with van der Waals surface area (Å²) in [7, 11) is 0. The lowest BCUT2D eigenvalue weighted by Crippen LogP contribution is -2.48. The molecule has 3 rings (SSSR count). The zero-order valence-electron chi connectivity index (χ0n) is 12.3. The molecule has 7 nitrogen and oxygen atoms in total. The van der Waals surface area contributed by atoms with Crippen LogP contribution in [0.5, 0.6) is 0 Å². The number of piperazine rings is 1. The molecule has 1 aromatic rings. The highest BCUT2D eigenvalue weighted by molar-refractivity contribution is 5.73. The van der Waals surface area contributed by atoms with Crippen LogP contribution in [0.2, 0.25) is 0 Å². The molecule has 1 aliphatic heterocycles. The van der Waals surface area contributed by atoms with Gasteiger partial charge < -0.3 is 21.3 Å². The van der Waals surface area contributed by atoms with E-state index in [4.69, 9.17) is 11.5 Å². The monoisotopic (exact) mass is 290 g/mol. The lowest BCUT2D eigenvalue weighted by Gasteiger charge is -2.36. The molecule has 7 heteroatoms. The van der Waals surface area contributed by atoms with Crippen LogP contribution in [0.4, 0.5) is 11.8 Å². The molecule has 2 heterocycles. The highest BCUT2D eigenvalue weighted by atomic mass is 16.2. The summed E-state index contributed by atoms with van der Waals surface area (Å²) in [5, 5.41) is 0.